The van der Waals surface area contributed by atoms with E-state index in [4.69, 9.17) is 15.6 Å². The molecule has 4 N–H and O–H groups in total. The number of nitrogens with one attached hydrogen (secondary N) is 1. The number of fused-ring (bicyclic) bond motifs is 1. The zero-order valence-corrected chi connectivity index (χ0v) is 22.4. The number of hydrogen-bond donors (Lipinski definition) is 3. The van der Waals surface area contributed by atoms with Gasteiger partial charge in [-0.05, 0) is 43.0 Å². The first-order valence-electron chi connectivity index (χ1n) is 13.1. The van der Waals surface area contributed by atoms with Gasteiger partial charge in [0.25, 0.3) is 5.91 Å². The molecule has 2 aromatic rings. The highest BCUT2D eigenvalue weighted by atomic mass is 19.4. The summed E-state index contributed by atoms with van der Waals surface area (Å²) in [5, 5.41) is 10.3. The number of carboxylic acid groups (broad SMARTS) is 1. The molecule has 11 heteroatoms. The topological polar surface area (TPSA) is 125 Å². The summed E-state index contributed by atoms with van der Waals surface area (Å²) in [6.07, 6.45) is -0.146. The number of carbonyl (C=O) groups is 3. The number of nitrogens with zero attached hydrogens (tertiary/aromatic N) is 2. The van der Waals surface area contributed by atoms with E-state index in [1.165, 1.54) is 5.56 Å². The van der Waals surface area contributed by atoms with Gasteiger partial charge in [0, 0.05) is 48.2 Å². The lowest BCUT2D eigenvalue weighted by atomic mass is 10.0. The van der Waals surface area contributed by atoms with Gasteiger partial charge in [0.1, 0.15) is 5.84 Å². The summed E-state index contributed by atoms with van der Waals surface area (Å²) in [7, 11) is 0. The van der Waals surface area contributed by atoms with Crippen LogP contribution >= 0.6 is 0 Å². The largest absolute Gasteiger partial charge is 0.490 e. The Bertz CT molecular complexity index is 1290. The van der Waals surface area contributed by atoms with Gasteiger partial charge in [0.15, 0.2) is 0 Å². The van der Waals surface area contributed by atoms with Gasteiger partial charge >= 0.3 is 12.1 Å². The van der Waals surface area contributed by atoms with E-state index in [1.54, 1.807) is 12.1 Å². The monoisotopic (exact) mass is 558 g/mol. The van der Waals surface area contributed by atoms with E-state index in [9.17, 15) is 22.8 Å². The first-order chi connectivity index (χ1) is 18.9. The number of carboxylic acids is 1. The standard InChI is InChI=1S/C27H32N4O2.C2HF3O2/c1-3-12-31(13-4-2)27(33)21-14-19-10-11-20(15-23(19)29-25(28)16-21)26(32)30-24-17-22(24)18-8-6-5-7-9-18;3-2(4,5)1(6)7/h5-11,14-15,22,24H,3-4,12-13,16-17H2,1-2H3,(H2,28,29)(H,30,32);(H,6,7)/t22-,24+;/m1./s1. The van der Waals surface area contributed by atoms with Crippen LogP contribution in [-0.2, 0) is 9.59 Å². The fourth-order valence-electron chi connectivity index (χ4n) is 4.40. The van der Waals surface area contributed by atoms with Crippen LogP contribution in [0.5, 0.6) is 0 Å². The fourth-order valence-corrected chi connectivity index (χ4v) is 4.40. The van der Waals surface area contributed by atoms with E-state index in [0.29, 0.717) is 35.0 Å². The molecule has 214 valence electrons. The number of hydrogen-bond acceptors (Lipinski definition) is 5. The Morgan fingerprint density at radius 2 is 1.70 bits per heavy atom. The van der Waals surface area contributed by atoms with E-state index in [1.807, 2.05) is 35.2 Å². The lowest BCUT2D eigenvalue weighted by molar-refractivity contribution is -0.192. The number of amidine groups is 1. The molecule has 1 aliphatic carbocycles. The maximum absolute atomic E-state index is 13.1. The highest BCUT2D eigenvalue weighted by molar-refractivity contribution is 6.06. The molecule has 1 fully saturated rings. The molecule has 0 radical (unpaired) electrons. The van der Waals surface area contributed by atoms with Crippen molar-refractivity contribution in [2.24, 2.45) is 10.7 Å². The maximum atomic E-state index is 13.1. The molecule has 0 saturated heterocycles. The van der Waals surface area contributed by atoms with Crippen molar-refractivity contribution >= 4 is 35.4 Å². The molecule has 0 bridgehead atoms. The van der Waals surface area contributed by atoms with Crippen LogP contribution in [0.1, 0.15) is 66.9 Å². The normalized spacial score (nSPS) is 17.6. The van der Waals surface area contributed by atoms with Crippen molar-refractivity contribution in [2.45, 2.75) is 57.7 Å². The molecule has 40 heavy (non-hydrogen) atoms. The Balaban J connectivity index is 0.000000559. The highest BCUT2D eigenvalue weighted by Crippen LogP contribution is 2.41. The van der Waals surface area contributed by atoms with Crippen LogP contribution in [-0.4, -0.2) is 58.9 Å². The fraction of sp³-hybridized carbons (Fsp3) is 0.379. The van der Waals surface area contributed by atoms with Crippen molar-refractivity contribution in [2.75, 3.05) is 13.1 Å². The summed E-state index contributed by atoms with van der Waals surface area (Å²) >= 11 is 0. The van der Waals surface area contributed by atoms with Crippen LogP contribution in [0.15, 0.2) is 59.1 Å². The van der Waals surface area contributed by atoms with E-state index in [-0.39, 0.29) is 17.9 Å². The van der Waals surface area contributed by atoms with E-state index in [2.05, 4.69) is 36.3 Å². The van der Waals surface area contributed by atoms with Crippen LogP contribution in [0.2, 0.25) is 0 Å². The second kappa shape index (κ2) is 13.3. The van der Waals surface area contributed by atoms with E-state index in [0.717, 1.165) is 37.9 Å². The van der Waals surface area contributed by atoms with Crippen molar-refractivity contribution < 1.29 is 32.7 Å². The van der Waals surface area contributed by atoms with Crippen LogP contribution in [0.4, 0.5) is 18.9 Å². The first-order valence-corrected chi connectivity index (χ1v) is 13.1. The molecular weight excluding hydrogens is 525 g/mol. The highest BCUT2D eigenvalue weighted by Gasteiger charge is 2.39. The zero-order chi connectivity index (χ0) is 29.4. The number of nitrogens with two attached hydrogens (primary N) is 1. The van der Waals surface area contributed by atoms with E-state index >= 15 is 0 Å². The predicted molar refractivity (Wildman–Crippen MR) is 146 cm³/mol. The summed E-state index contributed by atoms with van der Waals surface area (Å²) in [5.74, 6) is -2.11. The number of rotatable bonds is 8. The molecule has 0 aromatic heterocycles. The third-order valence-corrected chi connectivity index (χ3v) is 6.38. The summed E-state index contributed by atoms with van der Waals surface area (Å²) in [5.41, 5.74) is 10.0. The van der Waals surface area contributed by atoms with Crippen molar-refractivity contribution in [3.63, 3.8) is 0 Å². The third-order valence-electron chi connectivity index (χ3n) is 6.38. The van der Waals surface area contributed by atoms with Crippen molar-refractivity contribution in [3.05, 3.63) is 70.8 Å². The van der Waals surface area contributed by atoms with Crippen LogP contribution < -0.4 is 11.1 Å². The van der Waals surface area contributed by atoms with Crippen LogP contribution in [0, 0.1) is 0 Å². The minimum atomic E-state index is -5.08. The average molecular weight is 559 g/mol. The van der Waals surface area contributed by atoms with Gasteiger partial charge in [0.05, 0.1) is 5.69 Å². The van der Waals surface area contributed by atoms with Gasteiger partial charge in [-0.15, -0.1) is 0 Å². The Hall–Kier alpha value is -4.15. The van der Waals surface area contributed by atoms with Gasteiger partial charge in [-0.3, -0.25) is 9.59 Å². The second-order valence-corrected chi connectivity index (χ2v) is 9.65. The minimum absolute atomic E-state index is 0.00667. The Morgan fingerprint density at radius 1 is 1.07 bits per heavy atom. The van der Waals surface area contributed by atoms with E-state index < -0.39 is 12.1 Å². The summed E-state index contributed by atoms with van der Waals surface area (Å²) < 4.78 is 31.7. The number of aliphatic imine (C=N–C) groups is 1. The quantitative estimate of drug-likeness (QED) is 0.419. The molecule has 2 aromatic carbocycles. The van der Waals surface area contributed by atoms with Crippen molar-refractivity contribution in [1.29, 1.82) is 0 Å². The second-order valence-electron chi connectivity index (χ2n) is 9.65. The summed E-state index contributed by atoms with van der Waals surface area (Å²) in [4.78, 5) is 41.3. The third kappa shape index (κ3) is 8.17. The van der Waals surface area contributed by atoms with Crippen LogP contribution in [0.25, 0.3) is 6.08 Å². The Labute approximate surface area is 230 Å². The van der Waals surface area contributed by atoms with Crippen molar-refractivity contribution in [3.8, 4) is 0 Å². The molecule has 0 unspecified atom stereocenters. The predicted octanol–water partition coefficient (Wildman–Crippen LogP) is 5.03. The van der Waals surface area contributed by atoms with Gasteiger partial charge in [-0.25, -0.2) is 9.79 Å². The molecule has 1 heterocycles. The summed E-state index contributed by atoms with van der Waals surface area (Å²) in [6, 6.07) is 15.8. The Morgan fingerprint density at radius 3 is 2.27 bits per heavy atom. The molecule has 1 aliphatic heterocycles. The number of benzene rings is 2. The minimum Gasteiger partial charge on any atom is -0.475 e. The zero-order valence-electron chi connectivity index (χ0n) is 22.4. The molecule has 2 amide bonds. The van der Waals surface area contributed by atoms with Gasteiger partial charge in [-0.1, -0.05) is 50.2 Å². The lowest BCUT2D eigenvalue weighted by Gasteiger charge is -2.22. The molecule has 2 atom stereocenters. The molecule has 8 nitrogen and oxygen atoms in total. The first kappa shape index (κ1) is 30.4. The number of amides is 2. The summed E-state index contributed by atoms with van der Waals surface area (Å²) in [6.45, 7) is 5.58. The number of alkyl halides is 3. The SMILES string of the molecule is CCCN(CCC)C(=O)C1=Cc2ccc(C(=O)N[C@H]3C[C@@H]3c3ccccc3)cc2N=C(N)C1.O=C(O)C(F)(F)F. The van der Waals surface area contributed by atoms with Crippen LogP contribution in [0.3, 0.4) is 0 Å². The molecule has 0 spiro atoms. The smallest absolute Gasteiger partial charge is 0.475 e. The molecule has 2 aliphatic rings. The van der Waals surface area contributed by atoms with Gasteiger partial charge in [-0.2, -0.15) is 13.2 Å². The van der Waals surface area contributed by atoms with Gasteiger partial charge < -0.3 is 21.1 Å². The molecular formula is C29H33F3N4O4. The molecule has 1 saturated carbocycles. The molecule has 4 rings (SSSR count). The average Bonchev–Trinajstić information content (AvgIpc) is 3.70. The number of carbonyl (C=O) groups excluding carboxylic acids is 2. The van der Waals surface area contributed by atoms with Crippen molar-refractivity contribution in [1.82, 2.24) is 10.2 Å². The van der Waals surface area contributed by atoms with Gasteiger partial charge in [0.2, 0.25) is 5.91 Å². The number of aliphatic carboxylic acids is 1. The lowest BCUT2D eigenvalue weighted by Crippen LogP contribution is -2.34. The maximum Gasteiger partial charge on any atom is 0.490 e. The number of halogens is 3. The Kier molecular flexibility index (Phi) is 10.1.